The first-order valence-corrected chi connectivity index (χ1v) is 8.39. The highest BCUT2D eigenvalue weighted by atomic mass is 15.2. The van der Waals surface area contributed by atoms with Gasteiger partial charge in [-0.1, -0.05) is 49.9 Å². The van der Waals surface area contributed by atoms with E-state index in [1.165, 1.54) is 6.20 Å². The van der Waals surface area contributed by atoms with Gasteiger partial charge >= 0.3 is 0 Å². The van der Waals surface area contributed by atoms with Crippen LogP contribution in [0.5, 0.6) is 0 Å². The monoisotopic (exact) mass is 338 g/mol. The van der Waals surface area contributed by atoms with Crippen LogP contribution in [0.25, 0.3) is 5.57 Å². The molecule has 0 fully saturated rings. The lowest BCUT2D eigenvalue weighted by Gasteiger charge is -2.32. The third-order valence-corrected chi connectivity index (χ3v) is 3.92. The molecule has 0 aliphatic heterocycles. The molecule has 0 saturated carbocycles. The van der Waals surface area contributed by atoms with Crippen LogP contribution in [0.2, 0.25) is 0 Å². The van der Waals surface area contributed by atoms with Crippen LogP contribution < -0.4 is 11.5 Å². The van der Waals surface area contributed by atoms with E-state index in [-0.39, 0.29) is 11.9 Å². The van der Waals surface area contributed by atoms with Crippen molar-refractivity contribution in [1.29, 1.82) is 0 Å². The zero-order chi connectivity index (χ0) is 19.0. The van der Waals surface area contributed by atoms with Gasteiger partial charge in [0.2, 0.25) is 0 Å². The first kappa shape index (κ1) is 20.3. The Balaban J connectivity index is 3.35. The summed E-state index contributed by atoms with van der Waals surface area (Å²) in [6, 6.07) is 8.44. The topological polar surface area (TPSA) is 67.6 Å². The number of amidine groups is 1. The molecule has 0 aliphatic carbocycles. The van der Waals surface area contributed by atoms with E-state index < -0.39 is 0 Å². The van der Waals surface area contributed by atoms with Gasteiger partial charge in [0.1, 0.15) is 11.7 Å². The molecule has 0 heterocycles. The van der Waals surface area contributed by atoms with Gasteiger partial charge in [0.05, 0.1) is 0 Å². The minimum absolute atomic E-state index is 0.106. The fourth-order valence-corrected chi connectivity index (χ4v) is 2.56. The average Bonchev–Trinajstić information content (AvgIpc) is 2.59. The van der Waals surface area contributed by atoms with E-state index in [0.717, 1.165) is 28.7 Å². The van der Waals surface area contributed by atoms with Crippen molar-refractivity contribution in [3.63, 3.8) is 0 Å². The van der Waals surface area contributed by atoms with E-state index in [1.807, 2.05) is 26.0 Å². The molecule has 4 nitrogen and oxygen atoms in total. The molecule has 25 heavy (non-hydrogen) atoms. The lowest BCUT2D eigenvalue weighted by Crippen LogP contribution is -2.39. The van der Waals surface area contributed by atoms with E-state index in [9.17, 15) is 0 Å². The predicted octanol–water partition coefficient (Wildman–Crippen LogP) is 4.18. The molecule has 1 rings (SSSR count). The summed E-state index contributed by atoms with van der Waals surface area (Å²) in [5.74, 6) is 0.976. The Labute approximate surface area is 151 Å². The summed E-state index contributed by atoms with van der Waals surface area (Å²) in [5, 5.41) is 0. The average molecular weight is 338 g/mol. The van der Waals surface area contributed by atoms with Crippen molar-refractivity contribution in [2.45, 2.75) is 39.8 Å². The van der Waals surface area contributed by atoms with Gasteiger partial charge in [-0.15, -0.1) is 6.58 Å². The van der Waals surface area contributed by atoms with Gasteiger partial charge in [-0.25, -0.2) is 4.99 Å². The Morgan fingerprint density at radius 2 is 2.00 bits per heavy atom. The normalized spacial score (nSPS) is 13.2. The smallest absolute Gasteiger partial charge is 0.141 e. The molecule has 1 aromatic carbocycles. The SMILES string of the molecule is C=CC(CC)N(Cc1cccc(C(=C)C)c1)C(=N/C(N)=C\N)C(=C)C. The van der Waals surface area contributed by atoms with Crippen LogP contribution in [0.3, 0.4) is 0 Å². The van der Waals surface area contributed by atoms with Gasteiger partial charge in [0, 0.05) is 18.8 Å². The predicted molar refractivity (Wildman–Crippen MR) is 110 cm³/mol. The van der Waals surface area contributed by atoms with Gasteiger partial charge in [0.25, 0.3) is 0 Å². The summed E-state index contributed by atoms with van der Waals surface area (Å²) in [6.07, 6.45) is 4.10. The standard InChI is InChI=1S/C21H30N4/c1-7-19(8-2)25(21(16(5)6)24-20(23)13-22)14-17-10-9-11-18(12-17)15(3)4/h7,9-13,19H,1,3,5,8,14,22-23H2,2,4,6H3/b20-13-,24-21?. The van der Waals surface area contributed by atoms with Crippen molar-refractivity contribution in [1.82, 2.24) is 4.90 Å². The quantitative estimate of drug-likeness (QED) is 0.424. The molecule has 1 aromatic rings. The summed E-state index contributed by atoms with van der Waals surface area (Å²) in [7, 11) is 0. The van der Waals surface area contributed by atoms with Crippen molar-refractivity contribution >= 4 is 11.4 Å². The first-order valence-electron chi connectivity index (χ1n) is 8.39. The third-order valence-electron chi connectivity index (χ3n) is 3.92. The fourth-order valence-electron chi connectivity index (χ4n) is 2.56. The Morgan fingerprint density at radius 3 is 2.48 bits per heavy atom. The first-order chi connectivity index (χ1) is 11.8. The second-order valence-corrected chi connectivity index (χ2v) is 6.13. The molecule has 0 aromatic heterocycles. The molecule has 0 amide bonds. The number of rotatable bonds is 8. The highest BCUT2D eigenvalue weighted by Crippen LogP contribution is 2.19. The molecule has 4 heteroatoms. The lowest BCUT2D eigenvalue weighted by atomic mass is 10.0. The summed E-state index contributed by atoms with van der Waals surface area (Å²) in [5.41, 5.74) is 15.5. The largest absolute Gasteiger partial charge is 0.402 e. The lowest BCUT2D eigenvalue weighted by molar-refractivity contribution is 0.343. The second-order valence-electron chi connectivity index (χ2n) is 6.13. The Hall–Kier alpha value is -2.75. The molecule has 0 bridgehead atoms. The maximum atomic E-state index is 5.83. The number of allylic oxidation sites excluding steroid dienone is 1. The van der Waals surface area contributed by atoms with E-state index in [0.29, 0.717) is 12.4 Å². The molecule has 0 saturated heterocycles. The number of hydrogen-bond acceptors (Lipinski definition) is 3. The zero-order valence-corrected chi connectivity index (χ0v) is 15.6. The minimum atomic E-state index is 0.106. The molecule has 4 N–H and O–H groups in total. The van der Waals surface area contributed by atoms with Gasteiger partial charge in [-0.3, -0.25) is 0 Å². The van der Waals surface area contributed by atoms with Crippen molar-refractivity contribution in [2.75, 3.05) is 0 Å². The van der Waals surface area contributed by atoms with E-state index in [4.69, 9.17) is 11.5 Å². The van der Waals surface area contributed by atoms with Crippen LogP contribution in [-0.4, -0.2) is 16.8 Å². The number of benzene rings is 1. The molecular formula is C21H30N4. The second kappa shape index (κ2) is 9.52. The fraction of sp³-hybridized carbons (Fsp3) is 0.286. The van der Waals surface area contributed by atoms with Gasteiger partial charge in [-0.2, -0.15) is 0 Å². The molecule has 0 aliphatic rings. The number of nitrogens with two attached hydrogens (primary N) is 2. The number of aliphatic imine (C=N–C) groups is 1. The van der Waals surface area contributed by atoms with Crippen molar-refractivity contribution in [2.24, 2.45) is 16.5 Å². The van der Waals surface area contributed by atoms with Crippen molar-refractivity contribution in [3.8, 4) is 0 Å². The van der Waals surface area contributed by atoms with Crippen LogP contribution in [-0.2, 0) is 6.54 Å². The Bertz CT molecular complexity index is 698. The van der Waals surface area contributed by atoms with Crippen molar-refractivity contribution in [3.05, 3.63) is 78.8 Å². The molecule has 134 valence electrons. The van der Waals surface area contributed by atoms with E-state index in [2.05, 4.69) is 54.8 Å². The maximum Gasteiger partial charge on any atom is 0.141 e. The van der Waals surface area contributed by atoms with Crippen LogP contribution in [0.15, 0.2) is 72.7 Å². The van der Waals surface area contributed by atoms with Crippen LogP contribution in [0, 0.1) is 0 Å². The number of hydrogen-bond donors (Lipinski definition) is 2. The van der Waals surface area contributed by atoms with Crippen LogP contribution in [0.4, 0.5) is 0 Å². The summed E-state index contributed by atoms with van der Waals surface area (Å²) >= 11 is 0. The van der Waals surface area contributed by atoms with Crippen LogP contribution in [0.1, 0.15) is 38.3 Å². The van der Waals surface area contributed by atoms with Gasteiger partial charge in [-0.05, 0) is 43.0 Å². The summed E-state index contributed by atoms with van der Waals surface area (Å²) < 4.78 is 0. The molecular weight excluding hydrogens is 308 g/mol. The Morgan fingerprint density at radius 1 is 1.32 bits per heavy atom. The molecule has 1 unspecified atom stereocenters. The van der Waals surface area contributed by atoms with Crippen molar-refractivity contribution < 1.29 is 0 Å². The van der Waals surface area contributed by atoms with E-state index >= 15 is 0 Å². The summed E-state index contributed by atoms with van der Waals surface area (Å²) in [4.78, 5) is 6.61. The minimum Gasteiger partial charge on any atom is -0.402 e. The highest BCUT2D eigenvalue weighted by Gasteiger charge is 2.20. The molecule has 0 radical (unpaired) electrons. The Kier molecular flexibility index (Phi) is 7.73. The highest BCUT2D eigenvalue weighted by molar-refractivity contribution is 5.98. The third kappa shape index (κ3) is 5.68. The van der Waals surface area contributed by atoms with Gasteiger partial charge < -0.3 is 16.4 Å². The number of nitrogens with zero attached hydrogens (tertiary/aromatic N) is 2. The van der Waals surface area contributed by atoms with E-state index in [1.54, 1.807) is 0 Å². The summed E-state index contributed by atoms with van der Waals surface area (Å²) in [6.45, 7) is 18.7. The molecule has 1 atom stereocenters. The maximum absolute atomic E-state index is 5.83. The zero-order valence-electron chi connectivity index (χ0n) is 15.6. The molecule has 0 spiro atoms. The van der Waals surface area contributed by atoms with Gasteiger partial charge in [0.15, 0.2) is 0 Å². The van der Waals surface area contributed by atoms with Crippen LogP contribution >= 0.6 is 0 Å².